The minimum absolute atomic E-state index is 0. The second kappa shape index (κ2) is 9.92. The van der Waals surface area contributed by atoms with Crippen molar-refractivity contribution in [3.05, 3.63) is 59.6 Å². The van der Waals surface area contributed by atoms with Crippen molar-refractivity contribution < 1.29 is 39.2 Å². The number of aliphatic hydroxyl groups is 1. The average molecular weight is 482 g/mol. The SMILES string of the molecule is CC(=[OH+])/C=C(/C)O.O=C1C=C(F)CN=C1c1[c-]cccc1.[Ir]. The second-order valence-corrected chi connectivity index (χ2v) is 4.32. The first-order valence-corrected chi connectivity index (χ1v) is 6.22. The summed E-state index contributed by atoms with van der Waals surface area (Å²) in [4.78, 5) is 23.6. The molecule has 0 aliphatic carbocycles. The van der Waals surface area contributed by atoms with E-state index < -0.39 is 11.6 Å². The fourth-order valence-corrected chi connectivity index (χ4v) is 1.55. The molecule has 0 amide bonds. The van der Waals surface area contributed by atoms with Gasteiger partial charge in [-0.2, -0.15) is 0 Å². The standard InChI is InChI=1S/C11H7FNO.C5H8O2.Ir/c12-9-6-10(14)11(13-7-9)8-4-2-1-3-5-8;1-4(6)3-5(2)7;/h1-4,6H,7H2;3,6H,1-2H3;/q-1;;/p+1/b;4-3-;. The first kappa shape index (κ1) is 20.1. The summed E-state index contributed by atoms with van der Waals surface area (Å²) in [6, 6.07) is 9.89. The number of dihydropyridines is 1. The summed E-state index contributed by atoms with van der Waals surface area (Å²) in [7, 11) is 0. The Balaban J connectivity index is 0.000000478. The predicted molar refractivity (Wildman–Crippen MR) is 79.9 cm³/mol. The van der Waals surface area contributed by atoms with Crippen LogP contribution in [-0.4, -0.2) is 33.7 Å². The Morgan fingerprint density at radius 3 is 2.55 bits per heavy atom. The molecule has 22 heavy (non-hydrogen) atoms. The van der Waals surface area contributed by atoms with E-state index in [-0.39, 0.29) is 43.9 Å². The molecule has 1 aromatic rings. The van der Waals surface area contributed by atoms with E-state index in [1.165, 1.54) is 19.9 Å². The third-order valence-electron chi connectivity index (χ3n) is 2.29. The molecule has 1 aromatic carbocycles. The summed E-state index contributed by atoms with van der Waals surface area (Å²) in [6.45, 7) is 2.95. The maximum atomic E-state index is 12.6. The molecule has 0 unspecified atom stereocenters. The summed E-state index contributed by atoms with van der Waals surface area (Å²) in [5.41, 5.74) is 0.897. The van der Waals surface area contributed by atoms with E-state index in [2.05, 4.69) is 11.1 Å². The van der Waals surface area contributed by atoms with Crippen molar-refractivity contribution >= 4 is 17.3 Å². The van der Waals surface area contributed by atoms with Gasteiger partial charge in [0.15, 0.2) is 5.78 Å². The van der Waals surface area contributed by atoms with E-state index >= 15 is 0 Å². The number of carbonyl (C=O) groups is 1. The zero-order chi connectivity index (χ0) is 15.8. The van der Waals surface area contributed by atoms with Crippen LogP contribution in [0.4, 0.5) is 4.39 Å². The van der Waals surface area contributed by atoms with Crippen LogP contribution in [0.25, 0.3) is 0 Å². The van der Waals surface area contributed by atoms with Crippen LogP contribution in [0.3, 0.4) is 0 Å². The van der Waals surface area contributed by atoms with Gasteiger partial charge in [-0.25, -0.2) is 4.39 Å². The molecule has 0 aromatic heterocycles. The minimum atomic E-state index is -0.491. The van der Waals surface area contributed by atoms with Gasteiger partial charge < -0.3 is 10.1 Å². The van der Waals surface area contributed by atoms with Gasteiger partial charge in [0.25, 0.3) is 0 Å². The number of carbonyl (C=O) groups excluding carboxylic acids is 2. The summed E-state index contributed by atoms with van der Waals surface area (Å²) in [5, 5.41) is 8.40. The van der Waals surface area contributed by atoms with E-state index in [0.717, 1.165) is 6.08 Å². The molecule has 1 heterocycles. The molecule has 0 saturated carbocycles. The van der Waals surface area contributed by atoms with Crippen molar-refractivity contribution in [3.8, 4) is 0 Å². The second-order valence-electron chi connectivity index (χ2n) is 4.32. The van der Waals surface area contributed by atoms with Crippen LogP contribution in [0.2, 0.25) is 0 Å². The zero-order valence-electron chi connectivity index (χ0n) is 12.1. The van der Waals surface area contributed by atoms with Crippen LogP contribution in [0.15, 0.2) is 53.0 Å². The molecule has 4 nitrogen and oxygen atoms in total. The van der Waals surface area contributed by atoms with Crippen molar-refractivity contribution in [2.45, 2.75) is 13.8 Å². The summed E-state index contributed by atoms with van der Waals surface area (Å²) in [6.07, 6.45) is 2.25. The Labute approximate surface area is 141 Å². The van der Waals surface area contributed by atoms with Crippen molar-refractivity contribution in [2.24, 2.45) is 4.99 Å². The molecule has 0 spiro atoms. The monoisotopic (exact) mass is 482 g/mol. The topological polar surface area (TPSA) is 71.1 Å². The average Bonchev–Trinajstić information content (AvgIpc) is 2.38. The van der Waals surface area contributed by atoms with Gasteiger partial charge in [0.05, 0.1) is 25.3 Å². The number of rotatable bonds is 2. The Kier molecular flexibility index (Phi) is 9.06. The zero-order valence-corrected chi connectivity index (χ0v) is 14.5. The number of ketones is 2. The van der Waals surface area contributed by atoms with Crippen molar-refractivity contribution in [2.75, 3.05) is 6.54 Å². The van der Waals surface area contributed by atoms with Crippen LogP contribution >= 0.6 is 0 Å². The molecular formula is C16H16FIrNO3. The summed E-state index contributed by atoms with van der Waals surface area (Å²) >= 11 is 0. The number of benzene rings is 1. The maximum Gasteiger partial charge on any atom is 0.316 e. The molecule has 0 atom stereocenters. The van der Waals surface area contributed by atoms with Gasteiger partial charge in [-0.05, 0) is 6.92 Å². The Bertz CT molecular complexity index is 618. The normalized spacial score (nSPS) is 14.0. The number of nitrogens with zero attached hydrogens (tertiary/aromatic N) is 1. The van der Waals surface area contributed by atoms with E-state index in [1.807, 2.05) is 0 Å². The van der Waals surface area contributed by atoms with Gasteiger partial charge >= 0.3 is 5.78 Å². The molecule has 6 heteroatoms. The van der Waals surface area contributed by atoms with E-state index in [1.54, 1.807) is 24.3 Å². The van der Waals surface area contributed by atoms with Crippen molar-refractivity contribution in [1.82, 2.24) is 0 Å². The molecule has 0 saturated heterocycles. The first-order chi connectivity index (χ1) is 9.90. The van der Waals surface area contributed by atoms with Crippen LogP contribution < -0.4 is 0 Å². The first-order valence-electron chi connectivity index (χ1n) is 6.22. The predicted octanol–water partition coefficient (Wildman–Crippen LogP) is 2.72. The molecule has 1 radical (unpaired) electrons. The van der Waals surface area contributed by atoms with Crippen LogP contribution in [0.1, 0.15) is 19.4 Å². The van der Waals surface area contributed by atoms with Gasteiger partial charge in [0, 0.05) is 31.9 Å². The van der Waals surface area contributed by atoms with Gasteiger partial charge in [0.2, 0.25) is 0 Å². The van der Waals surface area contributed by atoms with Crippen LogP contribution in [0, 0.1) is 6.07 Å². The maximum absolute atomic E-state index is 12.6. The third kappa shape index (κ3) is 7.20. The van der Waals surface area contributed by atoms with Gasteiger partial charge in [-0.3, -0.25) is 9.59 Å². The minimum Gasteiger partial charge on any atom is -0.512 e. The van der Waals surface area contributed by atoms with Gasteiger partial charge in [0.1, 0.15) is 5.83 Å². The van der Waals surface area contributed by atoms with Gasteiger partial charge in [-0.15, -0.1) is 35.9 Å². The molecule has 1 aliphatic heterocycles. The molecule has 119 valence electrons. The molecular weight excluding hydrogens is 465 g/mol. The molecule has 0 fully saturated rings. The van der Waals surface area contributed by atoms with Crippen molar-refractivity contribution in [1.29, 1.82) is 0 Å². The number of allylic oxidation sites excluding steroid dienone is 3. The van der Waals surface area contributed by atoms with Gasteiger partial charge in [-0.1, -0.05) is 0 Å². The molecule has 2 rings (SSSR count). The summed E-state index contributed by atoms with van der Waals surface area (Å²) < 4.78 is 12.6. The fraction of sp³-hybridized carbons (Fsp3) is 0.188. The fourth-order valence-electron chi connectivity index (χ4n) is 1.55. The summed E-state index contributed by atoms with van der Waals surface area (Å²) in [5.74, 6) is -0.633. The van der Waals surface area contributed by atoms with Crippen LogP contribution in [0.5, 0.6) is 0 Å². The Hall–Kier alpha value is -1.91. The Morgan fingerprint density at radius 1 is 1.45 bits per heavy atom. The molecule has 1 aliphatic rings. The van der Waals surface area contributed by atoms with Crippen LogP contribution in [-0.2, 0) is 24.9 Å². The number of aliphatic hydroxyl groups excluding tert-OH is 1. The van der Waals surface area contributed by atoms with Crippen molar-refractivity contribution in [3.63, 3.8) is 0 Å². The quantitative estimate of drug-likeness (QED) is 0.306. The number of aliphatic imine (C=N–C) groups is 1. The number of hydrogen-bond acceptors (Lipinski definition) is 3. The molecule has 0 bridgehead atoms. The number of halogens is 1. The van der Waals surface area contributed by atoms with E-state index in [4.69, 9.17) is 9.90 Å². The smallest absolute Gasteiger partial charge is 0.316 e. The molecule has 2 N–H and O–H groups in total. The largest absolute Gasteiger partial charge is 0.512 e. The van der Waals surface area contributed by atoms with E-state index in [0.29, 0.717) is 5.56 Å². The number of hydrogen-bond donors (Lipinski definition) is 1. The third-order valence-corrected chi connectivity index (χ3v) is 2.29. The van der Waals surface area contributed by atoms with E-state index in [9.17, 15) is 9.18 Å². The Morgan fingerprint density at radius 2 is 2.14 bits per heavy atom.